The maximum atomic E-state index is 12.0. The van der Waals surface area contributed by atoms with Crippen molar-refractivity contribution < 1.29 is 9.53 Å². The van der Waals surface area contributed by atoms with Crippen molar-refractivity contribution in [2.45, 2.75) is 38.8 Å². The number of hydrogen-bond donors (Lipinski definition) is 1. The lowest BCUT2D eigenvalue weighted by atomic mass is 10.0. The Morgan fingerprint density at radius 3 is 2.43 bits per heavy atom. The van der Waals surface area contributed by atoms with E-state index in [2.05, 4.69) is 0 Å². The third-order valence-electron chi connectivity index (χ3n) is 2.90. The van der Waals surface area contributed by atoms with Crippen LogP contribution >= 0.6 is 0 Å². The van der Waals surface area contributed by atoms with E-state index in [1.54, 1.807) is 26.0 Å². The van der Waals surface area contributed by atoms with Crippen LogP contribution in [0, 0.1) is 0 Å². The first kappa shape index (κ1) is 13.4. The first-order chi connectivity index (χ1) is 6.42. The lowest BCUT2D eigenvalue weighted by Gasteiger charge is -2.33. The Balaban J connectivity index is 4.59. The maximum absolute atomic E-state index is 12.0. The van der Waals surface area contributed by atoms with Crippen molar-refractivity contribution in [3.05, 3.63) is 0 Å². The van der Waals surface area contributed by atoms with Gasteiger partial charge in [-0.1, -0.05) is 6.92 Å². The highest BCUT2D eigenvalue weighted by Crippen LogP contribution is 2.17. The van der Waals surface area contributed by atoms with Crippen molar-refractivity contribution in [2.75, 3.05) is 20.7 Å². The Hall–Kier alpha value is -0.610. The van der Waals surface area contributed by atoms with E-state index in [9.17, 15) is 4.79 Å². The van der Waals surface area contributed by atoms with Crippen LogP contribution in [0.15, 0.2) is 0 Å². The molecule has 0 bridgehead atoms. The molecule has 0 saturated carbocycles. The number of likely N-dealkylation sites (N-methyl/N-ethyl adjacent to an activating group) is 1. The zero-order chi connectivity index (χ0) is 11.4. The Labute approximate surface area is 86.4 Å². The predicted molar refractivity (Wildman–Crippen MR) is 57.0 cm³/mol. The summed E-state index contributed by atoms with van der Waals surface area (Å²) in [5, 5.41) is 0. The maximum Gasteiger partial charge on any atom is 0.254 e. The van der Waals surface area contributed by atoms with Gasteiger partial charge < -0.3 is 15.4 Å². The van der Waals surface area contributed by atoms with Crippen LogP contribution in [0.1, 0.15) is 27.2 Å². The molecule has 1 amide bonds. The van der Waals surface area contributed by atoms with Crippen molar-refractivity contribution in [3.63, 3.8) is 0 Å². The quantitative estimate of drug-likeness (QED) is 0.710. The molecule has 14 heavy (non-hydrogen) atoms. The minimum absolute atomic E-state index is 0.0135. The molecule has 4 nitrogen and oxygen atoms in total. The van der Waals surface area contributed by atoms with Gasteiger partial charge in [0.1, 0.15) is 5.60 Å². The monoisotopic (exact) mass is 202 g/mol. The highest BCUT2D eigenvalue weighted by molar-refractivity contribution is 5.84. The molecule has 0 aliphatic heterocycles. The molecule has 0 fully saturated rings. The van der Waals surface area contributed by atoms with Gasteiger partial charge in [-0.15, -0.1) is 0 Å². The van der Waals surface area contributed by atoms with Crippen LogP contribution in [0.25, 0.3) is 0 Å². The molecule has 0 rings (SSSR count). The summed E-state index contributed by atoms with van der Waals surface area (Å²) in [5.74, 6) is -0.0135. The third kappa shape index (κ3) is 2.69. The average molecular weight is 202 g/mol. The van der Waals surface area contributed by atoms with E-state index in [4.69, 9.17) is 10.5 Å². The van der Waals surface area contributed by atoms with Gasteiger partial charge >= 0.3 is 0 Å². The van der Waals surface area contributed by atoms with Crippen molar-refractivity contribution in [2.24, 2.45) is 5.73 Å². The fourth-order valence-corrected chi connectivity index (χ4v) is 1.11. The lowest BCUT2D eigenvalue weighted by Crippen LogP contribution is -2.51. The first-order valence-electron chi connectivity index (χ1n) is 4.95. The van der Waals surface area contributed by atoms with E-state index < -0.39 is 5.60 Å². The van der Waals surface area contributed by atoms with Crippen LogP contribution in [-0.4, -0.2) is 43.2 Å². The number of ether oxygens (including phenoxy) is 1. The van der Waals surface area contributed by atoms with Crippen LogP contribution in [0.2, 0.25) is 0 Å². The molecule has 0 spiro atoms. The third-order valence-corrected chi connectivity index (χ3v) is 2.90. The van der Waals surface area contributed by atoms with Crippen LogP contribution < -0.4 is 5.73 Å². The van der Waals surface area contributed by atoms with Gasteiger partial charge in [0.15, 0.2) is 0 Å². The number of carbonyl (C=O) groups excluding carboxylic acids is 1. The van der Waals surface area contributed by atoms with Gasteiger partial charge in [0.05, 0.1) is 0 Å². The van der Waals surface area contributed by atoms with Crippen LogP contribution in [0.4, 0.5) is 0 Å². The Kier molecular flexibility index (Phi) is 5.08. The van der Waals surface area contributed by atoms with E-state index in [1.165, 1.54) is 0 Å². The molecule has 0 aromatic heterocycles. The van der Waals surface area contributed by atoms with E-state index in [0.717, 1.165) is 0 Å². The molecule has 0 aliphatic carbocycles. The predicted octanol–water partition coefficient (Wildman–Crippen LogP) is 0.607. The molecular weight excluding hydrogens is 180 g/mol. The van der Waals surface area contributed by atoms with Crippen molar-refractivity contribution in [1.82, 2.24) is 4.90 Å². The summed E-state index contributed by atoms with van der Waals surface area (Å²) >= 11 is 0. The summed E-state index contributed by atoms with van der Waals surface area (Å²) in [6, 6.07) is 0.0449. The number of nitrogens with zero attached hydrogens (tertiary/aromatic N) is 1. The molecular formula is C10H22N2O2. The van der Waals surface area contributed by atoms with Gasteiger partial charge in [0, 0.05) is 26.7 Å². The highest BCUT2D eigenvalue weighted by atomic mass is 16.5. The zero-order valence-corrected chi connectivity index (χ0v) is 9.83. The SMILES string of the molecule is CCC(C)(OC)C(=O)N(C)C(C)CN. The van der Waals surface area contributed by atoms with E-state index in [0.29, 0.717) is 13.0 Å². The molecule has 0 radical (unpaired) electrons. The molecule has 2 unspecified atom stereocenters. The van der Waals surface area contributed by atoms with E-state index in [1.807, 2.05) is 13.8 Å². The fourth-order valence-electron chi connectivity index (χ4n) is 1.11. The average Bonchev–Trinajstić information content (AvgIpc) is 2.24. The normalized spacial score (nSPS) is 17.3. The van der Waals surface area contributed by atoms with Gasteiger partial charge in [-0.25, -0.2) is 0 Å². The molecule has 2 N–H and O–H groups in total. The molecule has 0 heterocycles. The first-order valence-corrected chi connectivity index (χ1v) is 4.95. The van der Waals surface area contributed by atoms with Gasteiger partial charge in [-0.2, -0.15) is 0 Å². The molecule has 2 atom stereocenters. The summed E-state index contributed by atoms with van der Waals surface area (Å²) in [7, 11) is 3.31. The Morgan fingerprint density at radius 1 is 1.64 bits per heavy atom. The summed E-state index contributed by atoms with van der Waals surface area (Å²) in [5.41, 5.74) is 4.78. The van der Waals surface area contributed by atoms with Crippen molar-refractivity contribution >= 4 is 5.91 Å². The second kappa shape index (κ2) is 5.32. The van der Waals surface area contributed by atoms with Crippen LogP contribution in [-0.2, 0) is 9.53 Å². The Morgan fingerprint density at radius 2 is 2.14 bits per heavy atom. The molecule has 84 valence electrons. The molecule has 0 aliphatic rings. The van der Waals surface area contributed by atoms with Gasteiger partial charge in [0.2, 0.25) is 0 Å². The second-order valence-corrected chi connectivity index (χ2v) is 3.79. The van der Waals surface area contributed by atoms with Crippen molar-refractivity contribution in [1.29, 1.82) is 0 Å². The number of hydrogen-bond acceptors (Lipinski definition) is 3. The van der Waals surface area contributed by atoms with Crippen LogP contribution in [0.5, 0.6) is 0 Å². The number of carbonyl (C=O) groups is 1. The summed E-state index contributed by atoms with van der Waals surface area (Å²) < 4.78 is 5.23. The van der Waals surface area contributed by atoms with Gasteiger partial charge in [0.25, 0.3) is 5.91 Å². The van der Waals surface area contributed by atoms with E-state index in [-0.39, 0.29) is 11.9 Å². The molecule has 0 saturated heterocycles. The second-order valence-electron chi connectivity index (χ2n) is 3.79. The van der Waals surface area contributed by atoms with Gasteiger partial charge in [-0.3, -0.25) is 4.79 Å². The molecule has 0 aromatic carbocycles. The fraction of sp³-hybridized carbons (Fsp3) is 0.900. The zero-order valence-electron chi connectivity index (χ0n) is 9.83. The highest BCUT2D eigenvalue weighted by Gasteiger charge is 2.34. The lowest BCUT2D eigenvalue weighted by molar-refractivity contribution is -0.153. The smallest absolute Gasteiger partial charge is 0.254 e. The minimum atomic E-state index is -0.724. The number of nitrogens with two attached hydrogens (primary N) is 1. The standard InChI is InChI=1S/C10H22N2O2/c1-6-10(3,14-5)9(13)12(4)8(2)7-11/h8H,6-7,11H2,1-5H3. The Bertz CT molecular complexity index is 191. The topological polar surface area (TPSA) is 55.6 Å². The minimum Gasteiger partial charge on any atom is -0.369 e. The summed E-state index contributed by atoms with van der Waals surface area (Å²) in [6.07, 6.45) is 0.657. The number of methoxy groups -OCH3 is 1. The van der Waals surface area contributed by atoms with E-state index >= 15 is 0 Å². The van der Waals surface area contributed by atoms with Gasteiger partial charge in [-0.05, 0) is 20.3 Å². The number of rotatable bonds is 5. The summed E-state index contributed by atoms with van der Waals surface area (Å²) in [6.45, 7) is 6.12. The number of amides is 1. The van der Waals surface area contributed by atoms with Crippen molar-refractivity contribution in [3.8, 4) is 0 Å². The largest absolute Gasteiger partial charge is 0.369 e. The summed E-state index contributed by atoms with van der Waals surface area (Å²) in [4.78, 5) is 13.6. The van der Waals surface area contributed by atoms with Crippen LogP contribution in [0.3, 0.4) is 0 Å². The molecule has 0 aromatic rings. The molecule has 4 heteroatoms.